The van der Waals surface area contributed by atoms with Crippen LogP contribution in [0.3, 0.4) is 0 Å². The molecule has 1 N–H and O–H groups in total. The highest BCUT2D eigenvalue weighted by Gasteiger charge is 2.16. The van der Waals surface area contributed by atoms with E-state index in [1.54, 1.807) is 6.07 Å². The van der Waals surface area contributed by atoms with E-state index in [1.165, 1.54) is 0 Å². The molecule has 6 heteroatoms. The zero-order chi connectivity index (χ0) is 21.1. The number of fused-ring (bicyclic) bond motifs is 1. The van der Waals surface area contributed by atoms with Gasteiger partial charge in [-0.3, -0.25) is 0 Å². The second-order valence-corrected chi connectivity index (χ2v) is 7.61. The summed E-state index contributed by atoms with van der Waals surface area (Å²) >= 11 is 6.26. The molecule has 0 amide bonds. The molecule has 0 saturated carbocycles. The largest absolute Gasteiger partial charge is 0.456 e. The Morgan fingerprint density at radius 1 is 1.20 bits per heavy atom. The number of aliphatic hydroxyl groups is 1. The van der Waals surface area contributed by atoms with Gasteiger partial charge in [0.1, 0.15) is 17.2 Å². The summed E-state index contributed by atoms with van der Waals surface area (Å²) in [6.07, 6.45) is 2.90. The average molecular weight is 420 g/mol. The highest BCUT2D eigenvalue weighted by atomic mass is 35.5. The van der Waals surface area contributed by atoms with Gasteiger partial charge in [0.15, 0.2) is 5.15 Å². The van der Waals surface area contributed by atoms with E-state index in [1.807, 2.05) is 41.0 Å². The number of imidazole rings is 1. The van der Waals surface area contributed by atoms with Crippen LogP contribution in [0.25, 0.3) is 22.3 Å². The molecule has 0 aliphatic heterocycles. The third kappa shape index (κ3) is 3.85. The van der Waals surface area contributed by atoms with Gasteiger partial charge in [-0.2, -0.15) is 5.26 Å². The Hall–Kier alpha value is -3.07. The van der Waals surface area contributed by atoms with Gasteiger partial charge in [0, 0.05) is 23.9 Å². The van der Waals surface area contributed by atoms with Crippen LogP contribution in [0.1, 0.15) is 42.4 Å². The van der Waals surface area contributed by atoms with Gasteiger partial charge < -0.3 is 14.1 Å². The van der Waals surface area contributed by atoms with Gasteiger partial charge in [-0.05, 0) is 42.3 Å². The predicted molar refractivity (Wildman–Crippen MR) is 117 cm³/mol. The lowest BCUT2D eigenvalue weighted by atomic mass is 10.1. The fourth-order valence-corrected chi connectivity index (χ4v) is 3.93. The van der Waals surface area contributed by atoms with Crippen molar-refractivity contribution in [2.45, 2.75) is 39.3 Å². The fraction of sp³-hybridized carbons (Fsp3) is 0.250. The minimum absolute atomic E-state index is 0.152. The fourth-order valence-electron chi connectivity index (χ4n) is 3.67. The zero-order valence-electron chi connectivity index (χ0n) is 16.7. The summed E-state index contributed by atoms with van der Waals surface area (Å²) < 4.78 is 8.00. The van der Waals surface area contributed by atoms with Crippen LogP contribution in [0.5, 0.6) is 0 Å². The van der Waals surface area contributed by atoms with Crippen LogP contribution < -0.4 is 0 Å². The number of halogens is 1. The Kier molecular flexibility index (Phi) is 5.89. The van der Waals surface area contributed by atoms with E-state index in [9.17, 15) is 10.4 Å². The molecule has 4 aromatic rings. The van der Waals surface area contributed by atoms with E-state index in [0.29, 0.717) is 28.7 Å². The number of aromatic nitrogens is 2. The quantitative estimate of drug-likeness (QED) is 0.416. The van der Waals surface area contributed by atoms with Crippen molar-refractivity contribution < 1.29 is 9.52 Å². The number of furan rings is 1. The first-order valence-corrected chi connectivity index (χ1v) is 10.4. The standard InChI is InChI=1S/C24H22ClN3O2/c1-2-3-8-23-27-24(25)20(15-29)28(23)14-16-9-10-21-18(11-16)12-22(30-21)19-7-5-4-6-17(19)13-26/h4-7,9-12,29H,2-3,8,14-15H2,1H3. The second kappa shape index (κ2) is 8.74. The van der Waals surface area contributed by atoms with Gasteiger partial charge in [0.05, 0.1) is 23.9 Å². The molecule has 0 aliphatic rings. The molecule has 0 unspecified atom stereocenters. The van der Waals surface area contributed by atoms with Gasteiger partial charge in [0.2, 0.25) is 0 Å². The SMILES string of the molecule is CCCCc1nc(Cl)c(CO)n1Cc1ccc2oc(-c3ccccc3C#N)cc2c1. The van der Waals surface area contributed by atoms with Crippen LogP contribution in [0.4, 0.5) is 0 Å². The molecule has 0 spiro atoms. The number of aryl methyl sites for hydroxylation is 1. The summed E-state index contributed by atoms with van der Waals surface area (Å²) in [6.45, 7) is 2.55. The van der Waals surface area contributed by atoms with Gasteiger partial charge in [0.25, 0.3) is 0 Å². The van der Waals surface area contributed by atoms with Crippen LogP contribution in [0.2, 0.25) is 5.15 Å². The lowest BCUT2D eigenvalue weighted by Crippen LogP contribution is -2.09. The van der Waals surface area contributed by atoms with Crippen LogP contribution >= 0.6 is 11.6 Å². The molecule has 2 heterocycles. The Bertz CT molecular complexity index is 1230. The van der Waals surface area contributed by atoms with Gasteiger partial charge in [-0.1, -0.05) is 43.1 Å². The number of nitriles is 1. The molecule has 0 aliphatic carbocycles. The van der Waals surface area contributed by atoms with E-state index in [0.717, 1.165) is 47.2 Å². The van der Waals surface area contributed by atoms with Crippen LogP contribution in [0.15, 0.2) is 52.9 Å². The van der Waals surface area contributed by atoms with Gasteiger partial charge >= 0.3 is 0 Å². The molecule has 30 heavy (non-hydrogen) atoms. The number of benzene rings is 2. The predicted octanol–water partition coefficient (Wildman–Crippen LogP) is 5.70. The maximum atomic E-state index is 9.78. The van der Waals surface area contributed by atoms with Crippen molar-refractivity contribution in [1.29, 1.82) is 5.26 Å². The minimum atomic E-state index is -0.152. The molecule has 0 fully saturated rings. The molecular weight excluding hydrogens is 398 g/mol. The van der Waals surface area contributed by atoms with Gasteiger partial charge in [-0.25, -0.2) is 4.98 Å². The van der Waals surface area contributed by atoms with E-state index in [-0.39, 0.29) is 6.61 Å². The van der Waals surface area contributed by atoms with E-state index in [2.05, 4.69) is 24.0 Å². The van der Waals surface area contributed by atoms with Crippen molar-refractivity contribution in [3.8, 4) is 17.4 Å². The highest BCUT2D eigenvalue weighted by Crippen LogP contribution is 2.31. The lowest BCUT2D eigenvalue weighted by molar-refractivity contribution is 0.271. The number of nitrogens with zero attached hydrogens (tertiary/aromatic N) is 3. The molecule has 0 bridgehead atoms. The molecule has 0 radical (unpaired) electrons. The smallest absolute Gasteiger partial charge is 0.152 e. The van der Waals surface area contributed by atoms with E-state index >= 15 is 0 Å². The minimum Gasteiger partial charge on any atom is -0.456 e. The maximum absolute atomic E-state index is 9.78. The third-order valence-corrected chi connectivity index (χ3v) is 5.54. The molecule has 5 nitrogen and oxygen atoms in total. The first kappa shape index (κ1) is 20.2. The first-order valence-electron chi connectivity index (χ1n) is 10.0. The van der Waals surface area contributed by atoms with E-state index in [4.69, 9.17) is 16.0 Å². The Morgan fingerprint density at radius 2 is 2.03 bits per heavy atom. The van der Waals surface area contributed by atoms with Crippen molar-refractivity contribution in [2.24, 2.45) is 0 Å². The molecule has 0 atom stereocenters. The van der Waals surface area contributed by atoms with Crippen molar-refractivity contribution in [1.82, 2.24) is 9.55 Å². The first-order chi connectivity index (χ1) is 14.6. The summed E-state index contributed by atoms with van der Waals surface area (Å²) in [5, 5.41) is 20.5. The van der Waals surface area contributed by atoms with Crippen LogP contribution in [-0.2, 0) is 19.6 Å². The zero-order valence-corrected chi connectivity index (χ0v) is 17.5. The van der Waals surface area contributed by atoms with E-state index < -0.39 is 0 Å². The number of unbranched alkanes of at least 4 members (excludes halogenated alkanes) is 1. The molecule has 152 valence electrons. The second-order valence-electron chi connectivity index (χ2n) is 7.25. The molecule has 2 aromatic carbocycles. The van der Waals surface area contributed by atoms with Crippen molar-refractivity contribution in [3.05, 3.63) is 76.3 Å². The number of hydrogen-bond acceptors (Lipinski definition) is 4. The normalized spacial score (nSPS) is 11.1. The summed E-state index contributed by atoms with van der Waals surface area (Å²) in [5.41, 5.74) is 3.82. The Labute approximate surface area is 180 Å². The third-order valence-electron chi connectivity index (χ3n) is 5.24. The number of aliphatic hydroxyl groups excluding tert-OH is 1. The van der Waals surface area contributed by atoms with Crippen LogP contribution in [0, 0.1) is 11.3 Å². The molecule has 4 rings (SSSR count). The number of hydrogen-bond donors (Lipinski definition) is 1. The summed E-state index contributed by atoms with van der Waals surface area (Å²) in [6, 6.07) is 17.6. The number of rotatable bonds is 7. The Balaban J connectivity index is 1.69. The monoisotopic (exact) mass is 419 g/mol. The summed E-state index contributed by atoms with van der Waals surface area (Å²) in [4.78, 5) is 4.46. The molecule has 0 saturated heterocycles. The molecular formula is C24H22ClN3O2. The lowest BCUT2D eigenvalue weighted by Gasteiger charge is -2.11. The maximum Gasteiger partial charge on any atom is 0.152 e. The highest BCUT2D eigenvalue weighted by molar-refractivity contribution is 6.30. The van der Waals surface area contributed by atoms with Crippen molar-refractivity contribution in [2.75, 3.05) is 0 Å². The van der Waals surface area contributed by atoms with Gasteiger partial charge in [-0.15, -0.1) is 0 Å². The van der Waals surface area contributed by atoms with Crippen LogP contribution in [-0.4, -0.2) is 14.7 Å². The average Bonchev–Trinajstić information content (AvgIpc) is 3.32. The van der Waals surface area contributed by atoms with Crippen molar-refractivity contribution in [3.63, 3.8) is 0 Å². The summed E-state index contributed by atoms with van der Waals surface area (Å²) in [5.74, 6) is 1.56. The van der Waals surface area contributed by atoms with Crippen molar-refractivity contribution >= 4 is 22.6 Å². The Morgan fingerprint density at radius 3 is 2.80 bits per heavy atom. The topological polar surface area (TPSA) is 75.0 Å². The summed E-state index contributed by atoms with van der Waals surface area (Å²) in [7, 11) is 0. The molecule has 2 aromatic heterocycles.